The van der Waals surface area contributed by atoms with Crippen LogP contribution in [0.4, 0.5) is 4.79 Å². The first kappa shape index (κ1) is 17.2. The zero-order valence-corrected chi connectivity index (χ0v) is 12.8. The number of urea groups is 1. The summed E-state index contributed by atoms with van der Waals surface area (Å²) in [5.41, 5.74) is 0.720. The van der Waals surface area contributed by atoms with Gasteiger partial charge in [-0.1, -0.05) is 19.1 Å². The fraction of sp³-hybridized carbons (Fsp3) is 0.429. The van der Waals surface area contributed by atoms with Gasteiger partial charge in [0.1, 0.15) is 11.8 Å². The van der Waals surface area contributed by atoms with Gasteiger partial charge in [-0.25, -0.2) is 9.59 Å². The molecule has 0 saturated heterocycles. The zero-order chi connectivity index (χ0) is 15.8. The number of aliphatic carboxylic acids is 1. The van der Waals surface area contributed by atoms with E-state index in [2.05, 4.69) is 10.6 Å². The number of benzene rings is 1. The maximum Gasteiger partial charge on any atom is 0.326 e. The molecular weight excluding hydrogens is 292 g/mol. The van der Waals surface area contributed by atoms with Gasteiger partial charge in [-0.3, -0.25) is 0 Å². The number of hydrogen-bond donors (Lipinski definition) is 4. The number of hydrogen-bond acceptors (Lipinski definition) is 4. The van der Waals surface area contributed by atoms with Crippen LogP contribution < -0.4 is 10.6 Å². The quantitative estimate of drug-likeness (QED) is 0.610. The van der Waals surface area contributed by atoms with E-state index in [0.717, 1.165) is 5.56 Å². The van der Waals surface area contributed by atoms with Crippen LogP contribution in [0.2, 0.25) is 0 Å². The Bertz CT molecular complexity index is 478. The summed E-state index contributed by atoms with van der Waals surface area (Å²) in [5, 5.41) is 23.7. The lowest BCUT2D eigenvalue weighted by Gasteiger charge is -2.16. The van der Waals surface area contributed by atoms with E-state index in [-0.39, 0.29) is 17.4 Å². The molecule has 6 nitrogen and oxygen atoms in total. The van der Waals surface area contributed by atoms with Crippen molar-refractivity contribution in [2.75, 3.05) is 12.8 Å². The van der Waals surface area contributed by atoms with Gasteiger partial charge in [-0.05, 0) is 24.0 Å². The first-order chi connectivity index (χ1) is 9.92. The van der Waals surface area contributed by atoms with Crippen molar-refractivity contribution in [3.8, 4) is 5.75 Å². The van der Waals surface area contributed by atoms with Gasteiger partial charge >= 0.3 is 12.0 Å². The Balaban J connectivity index is 2.55. The normalized spacial score (nSPS) is 13.2. The predicted molar refractivity (Wildman–Crippen MR) is 82.7 cm³/mol. The molecule has 7 heteroatoms. The van der Waals surface area contributed by atoms with E-state index in [1.807, 2.05) is 13.2 Å². The summed E-state index contributed by atoms with van der Waals surface area (Å²) >= 11 is 1.61. The van der Waals surface area contributed by atoms with Gasteiger partial charge in [0.2, 0.25) is 0 Å². The van der Waals surface area contributed by atoms with Crippen molar-refractivity contribution in [2.24, 2.45) is 0 Å². The number of nitrogens with one attached hydrogen (secondary N) is 2. The molecule has 0 bridgehead atoms. The Hall–Kier alpha value is -1.89. The fourth-order valence-corrected chi connectivity index (χ4v) is 1.85. The van der Waals surface area contributed by atoms with Crippen LogP contribution in [0.25, 0.3) is 0 Å². The van der Waals surface area contributed by atoms with Crippen molar-refractivity contribution in [1.29, 1.82) is 0 Å². The highest BCUT2D eigenvalue weighted by atomic mass is 32.2. The first-order valence-corrected chi connectivity index (χ1v) is 7.79. The lowest BCUT2D eigenvalue weighted by molar-refractivity contribution is -0.139. The van der Waals surface area contributed by atoms with Gasteiger partial charge in [0.25, 0.3) is 0 Å². The number of phenolic OH excluding ortho intramolecular Hbond substituents is 1. The van der Waals surface area contributed by atoms with Crippen molar-refractivity contribution >= 4 is 23.8 Å². The van der Waals surface area contributed by atoms with Crippen LogP contribution in [0, 0.1) is 0 Å². The number of phenols is 1. The summed E-state index contributed by atoms with van der Waals surface area (Å²) in [6, 6.07) is 4.70. The second-order valence-electron chi connectivity index (χ2n) is 4.66. The van der Waals surface area contributed by atoms with Crippen LogP contribution in [-0.4, -0.2) is 46.3 Å². The molecule has 1 aromatic carbocycles. The average Bonchev–Trinajstić information content (AvgIpc) is 2.46. The molecule has 1 rings (SSSR count). The van der Waals surface area contributed by atoms with Crippen molar-refractivity contribution in [3.05, 3.63) is 29.8 Å². The SMILES string of the molecule is CSC(C)CNC(=O)N[C@H](Cc1ccc(O)cc1)C(=O)O. The summed E-state index contributed by atoms with van der Waals surface area (Å²) in [4.78, 5) is 22.9. The molecule has 0 aromatic heterocycles. The maximum atomic E-state index is 11.7. The van der Waals surface area contributed by atoms with Gasteiger partial charge in [-0.2, -0.15) is 11.8 Å². The number of rotatable bonds is 7. The molecule has 1 aromatic rings. The molecule has 0 saturated carbocycles. The molecule has 2 amide bonds. The molecule has 21 heavy (non-hydrogen) atoms. The Morgan fingerprint density at radius 1 is 1.29 bits per heavy atom. The van der Waals surface area contributed by atoms with E-state index in [1.165, 1.54) is 12.1 Å². The maximum absolute atomic E-state index is 11.7. The number of thioether (sulfide) groups is 1. The van der Waals surface area contributed by atoms with E-state index in [4.69, 9.17) is 5.11 Å². The van der Waals surface area contributed by atoms with Gasteiger partial charge < -0.3 is 20.8 Å². The number of carbonyl (C=O) groups is 2. The summed E-state index contributed by atoms with van der Waals surface area (Å²) in [7, 11) is 0. The smallest absolute Gasteiger partial charge is 0.326 e. The third-order valence-corrected chi connectivity index (χ3v) is 3.90. The number of carboxylic acid groups (broad SMARTS) is 1. The predicted octanol–water partition coefficient (Wildman–Crippen LogP) is 1.44. The molecule has 0 aliphatic carbocycles. The van der Waals surface area contributed by atoms with Gasteiger partial charge in [-0.15, -0.1) is 0 Å². The highest BCUT2D eigenvalue weighted by Gasteiger charge is 2.20. The highest BCUT2D eigenvalue weighted by molar-refractivity contribution is 7.99. The molecule has 0 fully saturated rings. The minimum atomic E-state index is -1.10. The van der Waals surface area contributed by atoms with Crippen LogP contribution in [0.15, 0.2) is 24.3 Å². The topological polar surface area (TPSA) is 98.7 Å². The number of carbonyl (C=O) groups excluding carboxylic acids is 1. The van der Waals surface area contributed by atoms with Crippen LogP contribution in [0.3, 0.4) is 0 Å². The van der Waals surface area contributed by atoms with E-state index in [0.29, 0.717) is 6.54 Å². The van der Waals surface area contributed by atoms with Gasteiger partial charge in [0.05, 0.1) is 0 Å². The zero-order valence-electron chi connectivity index (χ0n) is 12.0. The van der Waals surface area contributed by atoms with E-state index >= 15 is 0 Å². The second kappa shape index (κ2) is 8.41. The number of carboxylic acids is 1. The van der Waals surface area contributed by atoms with Crippen molar-refractivity contribution in [1.82, 2.24) is 10.6 Å². The lowest BCUT2D eigenvalue weighted by Crippen LogP contribution is -2.48. The summed E-state index contributed by atoms with van der Waals surface area (Å²) in [6.07, 6.45) is 2.09. The standard InChI is InChI=1S/C14H20N2O4S/c1-9(21-2)8-15-14(20)16-12(13(18)19)7-10-3-5-11(17)6-4-10/h3-6,9,12,17H,7-8H2,1-2H3,(H,18,19)(H2,15,16,20)/t9?,12-/m1/s1. The Labute approximate surface area is 127 Å². The number of aromatic hydroxyl groups is 1. The Morgan fingerprint density at radius 3 is 2.43 bits per heavy atom. The molecule has 0 aliphatic rings. The minimum Gasteiger partial charge on any atom is -0.508 e. The van der Waals surface area contributed by atoms with E-state index in [9.17, 15) is 14.7 Å². The van der Waals surface area contributed by atoms with Gasteiger partial charge in [0, 0.05) is 18.2 Å². The molecule has 2 atom stereocenters. The van der Waals surface area contributed by atoms with Crippen LogP contribution in [0.1, 0.15) is 12.5 Å². The molecule has 116 valence electrons. The average molecular weight is 312 g/mol. The molecule has 0 radical (unpaired) electrons. The summed E-state index contributed by atoms with van der Waals surface area (Å²) in [5.74, 6) is -0.987. The Kier molecular flexibility index (Phi) is 6.87. The minimum absolute atomic E-state index is 0.113. The summed E-state index contributed by atoms with van der Waals surface area (Å²) < 4.78 is 0. The summed E-state index contributed by atoms with van der Waals surface area (Å²) in [6.45, 7) is 2.44. The first-order valence-electron chi connectivity index (χ1n) is 6.50. The van der Waals surface area contributed by atoms with Gasteiger partial charge in [0.15, 0.2) is 0 Å². The molecule has 0 heterocycles. The largest absolute Gasteiger partial charge is 0.508 e. The molecule has 1 unspecified atom stereocenters. The number of amides is 2. The molecule has 4 N–H and O–H groups in total. The molecule has 0 aliphatic heterocycles. The lowest BCUT2D eigenvalue weighted by atomic mass is 10.1. The Morgan fingerprint density at radius 2 is 1.90 bits per heavy atom. The third-order valence-electron chi connectivity index (χ3n) is 2.93. The monoisotopic (exact) mass is 312 g/mol. The third kappa shape index (κ3) is 6.40. The fourth-order valence-electron chi connectivity index (χ4n) is 1.60. The van der Waals surface area contributed by atoms with Crippen LogP contribution in [0.5, 0.6) is 5.75 Å². The van der Waals surface area contributed by atoms with Crippen molar-refractivity contribution < 1.29 is 19.8 Å². The highest BCUT2D eigenvalue weighted by Crippen LogP contribution is 2.11. The second-order valence-corrected chi connectivity index (χ2v) is 5.94. The van der Waals surface area contributed by atoms with E-state index in [1.54, 1.807) is 23.9 Å². The molecule has 0 spiro atoms. The van der Waals surface area contributed by atoms with Crippen LogP contribution >= 0.6 is 11.8 Å². The van der Waals surface area contributed by atoms with Crippen molar-refractivity contribution in [3.63, 3.8) is 0 Å². The van der Waals surface area contributed by atoms with E-state index < -0.39 is 18.0 Å². The van der Waals surface area contributed by atoms with Crippen molar-refractivity contribution in [2.45, 2.75) is 24.6 Å². The molecular formula is C14H20N2O4S. The van der Waals surface area contributed by atoms with Crippen LogP contribution in [-0.2, 0) is 11.2 Å².